The van der Waals surface area contributed by atoms with E-state index in [0.717, 1.165) is 11.1 Å². The van der Waals surface area contributed by atoms with E-state index in [9.17, 15) is 4.79 Å². The van der Waals surface area contributed by atoms with Crippen LogP contribution in [0.1, 0.15) is 17.2 Å². The number of amides is 1. The average molecular weight is 354 g/mol. The van der Waals surface area contributed by atoms with E-state index in [2.05, 4.69) is 17.1 Å². The van der Waals surface area contributed by atoms with Gasteiger partial charge in [-0.15, -0.1) is 0 Å². The first-order chi connectivity index (χ1) is 12.7. The maximum Gasteiger partial charge on any atom is 0.273 e. The van der Waals surface area contributed by atoms with Crippen LogP contribution in [0.4, 0.5) is 0 Å². The van der Waals surface area contributed by atoms with Gasteiger partial charge in [0.15, 0.2) is 17.6 Å². The largest absolute Gasteiger partial charge is 0.493 e. The predicted octanol–water partition coefficient (Wildman–Crippen LogP) is 3.10. The van der Waals surface area contributed by atoms with Crippen molar-refractivity contribution in [1.29, 1.82) is 0 Å². The van der Waals surface area contributed by atoms with Crippen LogP contribution in [0.3, 0.4) is 0 Å². The van der Waals surface area contributed by atoms with E-state index in [0.29, 0.717) is 18.1 Å². The van der Waals surface area contributed by atoms with Gasteiger partial charge in [0, 0.05) is 7.11 Å². The first-order valence-corrected chi connectivity index (χ1v) is 8.02. The van der Waals surface area contributed by atoms with Crippen LogP contribution in [0, 0.1) is 0 Å². The topological polar surface area (TPSA) is 69.2 Å². The highest BCUT2D eigenvalue weighted by Crippen LogP contribution is 2.27. The van der Waals surface area contributed by atoms with Gasteiger partial charge in [-0.2, -0.15) is 5.10 Å². The number of hydrazone groups is 1. The molecule has 6 heteroatoms. The highest BCUT2D eigenvalue weighted by atomic mass is 16.5. The molecule has 2 rings (SSSR count). The predicted molar refractivity (Wildman–Crippen MR) is 101 cm³/mol. The van der Waals surface area contributed by atoms with Crippen LogP contribution in [0.5, 0.6) is 11.5 Å². The maximum atomic E-state index is 12.3. The van der Waals surface area contributed by atoms with E-state index >= 15 is 0 Å². The molecule has 26 heavy (non-hydrogen) atoms. The van der Waals surface area contributed by atoms with Gasteiger partial charge < -0.3 is 14.2 Å². The van der Waals surface area contributed by atoms with Crippen LogP contribution >= 0.6 is 0 Å². The summed E-state index contributed by atoms with van der Waals surface area (Å²) < 4.78 is 16.1. The Labute approximate surface area is 153 Å². The van der Waals surface area contributed by atoms with E-state index in [-0.39, 0.29) is 5.91 Å². The molecule has 0 fully saturated rings. The molecule has 0 radical (unpaired) electrons. The zero-order chi connectivity index (χ0) is 18.8. The molecule has 1 N–H and O–H groups in total. The molecule has 0 saturated heterocycles. The molecule has 1 atom stereocenters. The van der Waals surface area contributed by atoms with Crippen LogP contribution in [0.15, 0.2) is 66.3 Å². The normalized spacial score (nSPS) is 11.8. The fourth-order valence-electron chi connectivity index (χ4n) is 2.28. The molecule has 1 amide bonds. The average Bonchev–Trinajstić information content (AvgIpc) is 2.68. The smallest absolute Gasteiger partial charge is 0.273 e. The molecule has 0 heterocycles. The third-order valence-corrected chi connectivity index (χ3v) is 3.51. The molecule has 0 aliphatic heterocycles. The summed E-state index contributed by atoms with van der Waals surface area (Å²) in [4.78, 5) is 12.3. The minimum Gasteiger partial charge on any atom is -0.493 e. The Morgan fingerprint density at radius 2 is 1.96 bits per heavy atom. The fourth-order valence-corrected chi connectivity index (χ4v) is 2.28. The molecule has 6 nitrogen and oxygen atoms in total. The van der Waals surface area contributed by atoms with Crippen LogP contribution in [-0.2, 0) is 9.53 Å². The zero-order valence-electron chi connectivity index (χ0n) is 14.8. The van der Waals surface area contributed by atoms with E-state index in [1.54, 1.807) is 25.3 Å². The van der Waals surface area contributed by atoms with Crippen molar-refractivity contribution < 1.29 is 19.0 Å². The summed E-state index contributed by atoms with van der Waals surface area (Å²) in [6.07, 6.45) is 2.45. The number of rotatable bonds is 9. The Hall–Kier alpha value is -3.12. The van der Waals surface area contributed by atoms with Gasteiger partial charge in [-0.3, -0.25) is 4.79 Å². The minimum atomic E-state index is -0.724. The molecular weight excluding hydrogens is 332 g/mol. The van der Waals surface area contributed by atoms with Crippen molar-refractivity contribution >= 4 is 12.1 Å². The van der Waals surface area contributed by atoms with Crippen molar-refractivity contribution in [2.45, 2.75) is 6.10 Å². The van der Waals surface area contributed by atoms with Gasteiger partial charge >= 0.3 is 0 Å². The van der Waals surface area contributed by atoms with E-state index < -0.39 is 6.10 Å². The fraction of sp³-hybridized carbons (Fsp3) is 0.200. The third kappa shape index (κ3) is 5.19. The van der Waals surface area contributed by atoms with E-state index in [1.807, 2.05) is 36.4 Å². The highest BCUT2D eigenvalue weighted by Gasteiger charge is 2.19. The summed E-state index contributed by atoms with van der Waals surface area (Å²) in [5.74, 6) is 0.825. The Morgan fingerprint density at radius 3 is 2.62 bits per heavy atom. The van der Waals surface area contributed by atoms with E-state index in [1.165, 1.54) is 13.3 Å². The molecule has 0 aliphatic rings. The Bertz CT molecular complexity index is 760. The first kappa shape index (κ1) is 19.2. The second kappa shape index (κ2) is 10.0. The standard InChI is InChI=1S/C20H22N2O4/c1-4-12-26-17-11-10-15(13-18(17)24-2)14-21-22-20(23)19(25-3)16-8-6-5-7-9-16/h4-11,13-14,19H,1,12H2,2-3H3,(H,22,23)/b21-14-/t19-/m0/s1. The quantitative estimate of drug-likeness (QED) is 0.427. The highest BCUT2D eigenvalue weighted by molar-refractivity contribution is 5.85. The first-order valence-electron chi connectivity index (χ1n) is 8.02. The molecule has 136 valence electrons. The van der Waals surface area contributed by atoms with Gasteiger partial charge in [0.1, 0.15) is 6.61 Å². The number of nitrogens with one attached hydrogen (secondary N) is 1. The van der Waals surface area contributed by atoms with Crippen molar-refractivity contribution in [2.24, 2.45) is 5.10 Å². The summed E-state index contributed by atoms with van der Waals surface area (Å²) in [6, 6.07) is 14.6. The van der Waals surface area contributed by atoms with Gasteiger partial charge in [0.05, 0.1) is 13.3 Å². The van der Waals surface area contributed by atoms with Crippen molar-refractivity contribution in [3.63, 3.8) is 0 Å². The van der Waals surface area contributed by atoms with Gasteiger partial charge in [-0.1, -0.05) is 43.0 Å². The number of methoxy groups -OCH3 is 2. The summed E-state index contributed by atoms with van der Waals surface area (Å²) in [5.41, 5.74) is 4.00. The summed E-state index contributed by atoms with van der Waals surface area (Å²) in [7, 11) is 3.04. The van der Waals surface area contributed by atoms with Crippen LogP contribution in [0.2, 0.25) is 0 Å². The number of ether oxygens (including phenoxy) is 3. The van der Waals surface area contributed by atoms with Gasteiger partial charge in [0.2, 0.25) is 0 Å². The lowest BCUT2D eigenvalue weighted by atomic mass is 10.1. The lowest BCUT2D eigenvalue weighted by Gasteiger charge is -2.13. The molecule has 0 saturated carbocycles. The zero-order valence-corrected chi connectivity index (χ0v) is 14.8. The summed E-state index contributed by atoms with van der Waals surface area (Å²) >= 11 is 0. The van der Waals surface area contributed by atoms with Crippen molar-refractivity contribution in [3.05, 3.63) is 72.3 Å². The lowest BCUT2D eigenvalue weighted by Crippen LogP contribution is -2.26. The SMILES string of the molecule is C=CCOc1ccc(/C=N\NC(=O)[C@@H](OC)c2ccccc2)cc1OC. The summed E-state index contributed by atoms with van der Waals surface area (Å²) in [5, 5.41) is 3.99. The molecule has 0 bridgehead atoms. The molecule has 2 aromatic carbocycles. The summed E-state index contributed by atoms with van der Waals surface area (Å²) in [6.45, 7) is 4.00. The molecule has 0 aliphatic carbocycles. The third-order valence-electron chi connectivity index (χ3n) is 3.51. The Kier molecular flexibility index (Phi) is 7.39. The van der Waals surface area contributed by atoms with Crippen LogP contribution in [0.25, 0.3) is 0 Å². The monoisotopic (exact) mass is 354 g/mol. The number of hydrogen-bond donors (Lipinski definition) is 1. The number of hydrogen-bond acceptors (Lipinski definition) is 5. The second-order valence-electron chi connectivity index (χ2n) is 5.27. The molecule has 0 unspecified atom stereocenters. The van der Waals surface area contributed by atoms with Crippen LogP contribution in [-0.4, -0.2) is 32.9 Å². The van der Waals surface area contributed by atoms with Crippen molar-refractivity contribution in [2.75, 3.05) is 20.8 Å². The Balaban J connectivity index is 2.03. The number of nitrogens with zero attached hydrogens (tertiary/aromatic N) is 1. The van der Waals surface area contributed by atoms with Gasteiger partial charge in [-0.25, -0.2) is 5.43 Å². The van der Waals surface area contributed by atoms with Gasteiger partial charge in [0.25, 0.3) is 5.91 Å². The van der Waals surface area contributed by atoms with Crippen LogP contribution < -0.4 is 14.9 Å². The second-order valence-corrected chi connectivity index (χ2v) is 5.27. The van der Waals surface area contributed by atoms with Gasteiger partial charge in [-0.05, 0) is 29.3 Å². The minimum absolute atomic E-state index is 0.354. The number of benzene rings is 2. The van der Waals surface area contributed by atoms with E-state index in [4.69, 9.17) is 14.2 Å². The molecule has 2 aromatic rings. The molecular formula is C20H22N2O4. The number of carbonyl (C=O) groups excluding carboxylic acids is 1. The molecule has 0 spiro atoms. The van der Waals surface area contributed by atoms with Crippen molar-refractivity contribution in [3.8, 4) is 11.5 Å². The molecule has 0 aromatic heterocycles. The van der Waals surface area contributed by atoms with Crippen molar-refractivity contribution in [1.82, 2.24) is 5.43 Å². The maximum absolute atomic E-state index is 12.3. The number of carbonyl (C=O) groups is 1. The lowest BCUT2D eigenvalue weighted by molar-refractivity contribution is -0.131. The Morgan fingerprint density at radius 1 is 1.19 bits per heavy atom.